The van der Waals surface area contributed by atoms with Gasteiger partial charge in [0.15, 0.2) is 0 Å². The molecule has 1 aliphatic rings. The molecule has 15 heavy (non-hydrogen) atoms. The fourth-order valence-electron chi connectivity index (χ4n) is 1.67. The first kappa shape index (κ1) is 10.5. The number of aliphatic imine (C=N–C) groups is 1. The van der Waals surface area contributed by atoms with E-state index in [9.17, 15) is 9.18 Å². The first-order valence-corrected chi connectivity index (χ1v) is 5.43. The lowest BCUT2D eigenvalue weighted by Gasteiger charge is -2.10. The monoisotopic (exact) mass is 269 g/mol. The van der Waals surface area contributed by atoms with Gasteiger partial charge in [-0.25, -0.2) is 9.18 Å². The molecule has 1 fully saturated rings. The molecule has 0 aliphatic heterocycles. The first-order chi connectivity index (χ1) is 7.09. The summed E-state index contributed by atoms with van der Waals surface area (Å²) in [6.45, 7) is 1.70. The van der Waals surface area contributed by atoms with E-state index in [4.69, 9.17) is 0 Å². The molecular formula is C11H9BrFNO. The Hall–Kier alpha value is -0.990. The highest BCUT2D eigenvalue weighted by atomic mass is 79.9. The highest BCUT2D eigenvalue weighted by Crippen LogP contribution is 2.50. The maximum atomic E-state index is 13.4. The predicted molar refractivity (Wildman–Crippen MR) is 57.9 cm³/mol. The van der Waals surface area contributed by atoms with Gasteiger partial charge in [-0.05, 0) is 52.9 Å². The van der Waals surface area contributed by atoms with Crippen molar-refractivity contribution in [3.8, 4) is 0 Å². The van der Waals surface area contributed by atoms with Crippen molar-refractivity contribution >= 4 is 22.0 Å². The molecule has 0 bridgehead atoms. The zero-order valence-electron chi connectivity index (χ0n) is 8.18. The van der Waals surface area contributed by atoms with Gasteiger partial charge in [0, 0.05) is 0 Å². The number of benzene rings is 1. The second kappa shape index (κ2) is 3.54. The largest absolute Gasteiger partial charge is 0.235 e. The van der Waals surface area contributed by atoms with Gasteiger partial charge in [0.25, 0.3) is 0 Å². The van der Waals surface area contributed by atoms with Crippen LogP contribution in [0.15, 0.2) is 21.6 Å². The van der Waals surface area contributed by atoms with Crippen LogP contribution in [0.1, 0.15) is 24.0 Å². The minimum absolute atomic E-state index is 0.260. The van der Waals surface area contributed by atoms with Crippen LogP contribution >= 0.6 is 15.9 Å². The highest BCUT2D eigenvalue weighted by Gasteiger charge is 2.45. The molecule has 2 nitrogen and oxygen atoms in total. The lowest BCUT2D eigenvalue weighted by atomic mass is 10.0. The Morgan fingerprint density at radius 2 is 2.20 bits per heavy atom. The summed E-state index contributed by atoms with van der Waals surface area (Å²) >= 11 is 3.15. The molecule has 0 unspecified atom stereocenters. The van der Waals surface area contributed by atoms with E-state index in [1.807, 2.05) is 0 Å². The van der Waals surface area contributed by atoms with Gasteiger partial charge in [0.1, 0.15) is 5.82 Å². The van der Waals surface area contributed by atoms with Crippen molar-refractivity contribution in [1.29, 1.82) is 0 Å². The molecule has 0 radical (unpaired) electrons. The molecule has 78 valence electrons. The lowest BCUT2D eigenvalue weighted by molar-refractivity contribution is 0.556. The Bertz CT molecular complexity index is 439. The molecule has 0 atom stereocenters. The molecule has 2 rings (SSSR count). The van der Waals surface area contributed by atoms with Crippen molar-refractivity contribution in [2.24, 2.45) is 4.99 Å². The zero-order valence-corrected chi connectivity index (χ0v) is 9.77. The van der Waals surface area contributed by atoms with Crippen LogP contribution < -0.4 is 0 Å². The summed E-state index contributed by atoms with van der Waals surface area (Å²) in [7, 11) is 0. The van der Waals surface area contributed by atoms with Crippen LogP contribution in [-0.4, -0.2) is 6.08 Å². The zero-order chi connectivity index (χ0) is 11.1. The van der Waals surface area contributed by atoms with Gasteiger partial charge in [-0.3, -0.25) is 0 Å². The summed E-state index contributed by atoms with van der Waals surface area (Å²) in [4.78, 5) is 14.1. The molecule has 0 heterocycles. The van der Waals surface area contributed by atoms with Crippen molar-refractivity contribution in [1.82, 2.24) is 0 Å². The molecular weight excluding hydrogens is 261 g/mol. The number of halogens is 2. The normalized spacial score (nSPS) is 17.0. The minimum atomic E-state index is -0.428. The molecule has 0 amide bonds. The van der Waals surface area contributed by atoms with E-state index >= 15 is 0 Å². The second-order valence-electron chi connectivity index (χ2n) is 3.82. The number of carbonyl (C=O) groups excluding carboxylic acids is 1. The molecule has 0 N–H and O–H groups in total. The number of hydrogen-bond donors (Lipinski definition) is 0. The fourth-order valence-corrected chi connectivity index (χ4v) is 2.23. The summed E-state index contributed by atoms with van der Waals surface area (Å²) in [5.41, 5.74) is 1.02. The molecule has 1 aromatic rings. The van der Waals surface area contributed by atoms with Crippen molar-refractivity contribution in [3.05, 3.63) is 33.5 Å². The molecule has 1 aromatic carbocycles. The average Bonchev–Trinajstić information content (AvgIpc) is 2.95. The van der Waals surface area contributed by atoms with Crippen molar-refractivity contribution in [3.63, 3.8) is 0 Å². The van der Waals surface area contributed by atoms with E-state index in [1.165, 1.54) is 0 Å². The standard InChI is InChI=1S/C11H9BrFNO/c1-7-4-8(5-9(12)10(7)13)11(2-3-11)14-6-15/h4-5H,2-3H2,1H3. The van der Waals surface area contributed by atoms with Crippen molar-refractivity contribution < 1.29 is 9.18 Å². The number of nitrogens with zero attached hydrogens (tertiary/aromatic N) is 1. The summed E-state index contributed by atoms with van der Waals surface area (Å²) < 4.78 is 13.8. The van der Waals surface area contributed by atoms with Gasteiger partial charge in [-0.15, -0.1) is 0 Å². The molecule has 1 aliphatic carbocycles. The predicted octanol–water partition coefficient (Wildman–Crippen LogP) is 3.22. The van der Waals surface area contributed by atoms with E-state index in [0.717, 1.165) is 18.4 Å². The van der Waals surface area contributed by atoms with E-state index in [2.05, 4.69) is 20.9 Å². The summed E-state index contributed by atoms with van der Waals surface area (Å²) in [5, 5.41) is 0. The number of rotatable bonds is 2. The van der Waals surface area contributed by atoms with Crippen LogP contribution in [0.3, 0.4) is 0 Å². The van der Waals surface area contributed by atoms with Gasteiger partial charge in [0.2, 0.25) is 6.08 Å². The van der Waals surface area contributed by atoms with E-state index in [1.54, 1.807) is 25.1 Å². The van der Waals surface area contributed by atoms with Crippen molar-refractivity contribution in [2.75, 3.05) is 0 Å². The van der Waals surface area contributed by atoms with Crippen molar-refractivity contribution in [2.45, 2.75) is 25.3 Å². The maximum absolute atomic E-state index is 13.4. The van der Waals surface area contributed by atoms with Gasteiger partial charge in [0.05, 0.1) is 10.0 Å². The Balaban J connectivity index is 2.51. The lowest BCUT2D eigenvalue weighted by Crippen LogP contribution is -2.03. The molecule has 0 aromatic heterocycles. The van der Waals surface area contributed by atoms with Gasteiger partial charge < -0.3 is 0 Å². The SMILES string of the molecule is Cc1cc(C2(N=C=O)CC2)cc(Br)c1F. The van der Waals surface area contributed by atoms with Gasteiger partial charge in [-0.2, -0.15) is 4.99 Å². The topological polar surface area (TPSA) is 29.4 Å². The number of isocyanates is 1. The second-order valence-corrected chi connectivity index (χ2v) is 4.68. The van der Waals surface area contributed by atoms with Crippen LogP contribution in [0.4, 0.5) is 4.39 Å². The van der Waals surface area contributed by atoms with Crippen LogP contribution in [0.5, 0.6) is 0 Å². The molecule has 4 heteroatoms. The quantitative estimate of drug-likeness (QED) is 0.599. The third-order valence-electron chi connectivity index (χ3n) is 2.73. The molecule has 0 spiro atoms. The van der Waals surface area contributed by atoms with Crippen LogP contribution in [0.2, 0.25) is 0 Å². The number of hydrogen-bond acceptors (Lipinski definition) is 2. The summed E-state index contributed by atoms with van der Waals surface area (Å²) in [6.07, 6.45) is 3.25. The van der Waals surface area contributed by atoms with E-state index in [-0.39, 0.29) is 5.82 Å². The van der Waals surface area contributed by atoms with E-state index < -0.39 is 5.54 Å². The van der Waals surface area contributed by atoms with Gasteiger partial charge >= 0.3 is 0 Å². The fraction of sp³-hybridized carbons (Fsp3) is 0.364. The van der Waals surface area contributed by atoms with Crippen LogP contribution in [-0.2, 0) is 10.3 Å². The minimum Gasteiger partial charge on any atom is -0.211 e. The third-order valence-corrected chi connectivity index (χ3v) is 3.31. The van der Waals surface area contributed by atoms with E-state index in [0.29, 0.717) is 10.0 Å². The smallest absolute Gasteiger partial charge is 0.211 e. The Labute approximate surface area is 95.3 Å². The average molecular weight is 270 g/mol. The Kier molecular flexibility index (Phi) is 2.49. The van der Waals surface area contributed by atoms with Crippen LogP contribution in [0.25, 0.3) is 0 Å². The first-order valence-electron chi connectivity index (χ1n) is 4.64. The molecule has 0 saturated heterocycles. The highest BCUT2D eigenvalue weighted by molar-refractivity contribution is 9.10. The number of aryl methyl sites for hydroxylation is 1. The third kappa shape index (κ3) is 1.75. The van der Waals surface area contributed by atoms with Crippen LogP contribution in [0, 0.1) is 12.7 Å². The Morgan fingerprint density at radius 1 is 1.53 bits per heavy atom. The summed E-state index contributed by atoms with van der Waals surface area (Å²) in [5.74, 6) is -0.260. The Morgan fingerprint density at radius 3 is 2.67 bits per heavy atom. The van der Waals surface area contributed by atoms with Gasteiger partial charge in [-0.1, -0.05) is 6.07 Å². The molecule has 1 saturated carbocycles. The maximum Gasteiger partial charge on any atom is 0.235 e. The summed E-state index contributed by atoms with van der Waals surface area (Å²) in [6, 6.07) is 3.43.